The average molecular weight is 264 g/mol. The van der Waals surface area contributed by atoms with Crippen LogP contribution in [-0.4, -0.2) is 26.0 Å². The number of ether oxygens (including phenoxy) is 3. The lowest BCUT2D eigenvalue weighted by molar-refractivity contribution is 0.308. The normalized spacial score (nSPS) is 10.3. The Balaban J connectivity index is 2.55. The summed E-state index contributed by atoms with van der Waals surface area (Å²) in [5.74, 6) is 2.62. The molecule has 6 heteroatoms. The molecule has 0 bridgehead atoms. The van der Waals surface area contributed by atoms with Crippen molar-refractivity contribution in [2.45, 2.75) is 6.92 Å². The first kappa shape index (κ1) is 13.1. The smallest absolute Gasteiger partial charge is 0.172 e. The van der Waals surface area contributed by atoms with E-state index in [0.29, 0.717) is 41.0 Å². The second-order valence-corrected chi connectivity index (χ2v) is 3.75. The van der Waals surface area contributed by atoms with Gasteiger partial charge >= 0.3 is 0 Å². The fourth-order valence-corrected chi connectivity index (χ4v) is 1.75. The quantitative estimate of drug-likeness (QED) is 0.892. The van der Waals surface area contributed by atoms with Gasteiger partial charge in [0.15, 0.2) is 23.1 Å². The summed E-state index contributed by atoms with van der Waals surface area (Å²) < 4.78 is 21.3. The molecule has 19 heavy (non-hydrogen) atoms. The van der Waals surface area contributed by atoms with Gasteiger partial charge in [-0.05, 0) is 13.0 Å². The van der Waals surface area contributed by atoms with Crippen molar-refractivity contribution in [3.63, 3.8) is 0 Å². The van der Waals surface area contributed by atoms with Crippen LogP contribution >= 0.6 is 0 Å². The van der Waals surface area contributed by atoms with Crippen molar-refractivity contribution >= 4 is 5.82 Å². The molecule has 0 saturated heterocycles. The number of aromatic nitrogens is 1. The standard InChI is InChI=1S/C13H16N2O4/c1-4-18-12-5-8(10-7-13(14)15-19-10)9(16-2)6-11(12)17-3/h5-7H,4H2,1-3H3,(H2,14,15). The number of methoxy groups -OCH3 is 2. The fraction of sp³-hybridized carbons (Fsp3) is 0.308. The van der Waals surface area contributed by atoms with Crippen LogP contribution in [0.2, 0.25) is 0 Å². The van der Waals surface area contributed by atoms with Crippen LogP contribution in [0.1, 0.15) is 6.92 Å². The van der Waals surface area contributed by atoms with Crippen LogP contribution in [0, 0.1) is 0 Å². The maximum Gasteiger partial charge on any atom is 0.172 e. The topological polar surface area (TPSA) is 79.7 Å². The van der Waals surface area contributed by atoms with Gasteiger partial charge in [0.25, 0.3) is 0 Å². The number of nitrogen functional groups attached to an aromatic ring is 1. The highest BCUT2D eigenvalue weighted by Crippen LogP contribution is 2.40. The molecule has 0 radical (unpaired) electrons. The second kappa shape index (κ2) is 5.51. The van der Waals surface area contributed by atoms with E-state index in [-0.39, 0.29) is 0 Å². The molecule has 102 valence electrons. The van der Waals surface area contributed by atoms with Gasteiger partial charge < -0.3 is 24.5 Å². The molecule has 2 rings (SSSR count). The summed E-state index contributed by atoms with van der Waals surface area (Å²) in [4.78, 5) is 0. The predicted molar refractivity (Wildman–Crippen MR) is 70.6 cm³/mol. The van der Waals surface area contributed by atoms with E-state index in [1.807, 2.05) is 6.92 Å². The van der Waals surface area contributed by atoms with Gasteiger partial charge in [0.1, 0.15) is 5.75 Å². The molecule has 0 saturated carbocycles. The first-order chi connectivity index (χ1) is 9.19. The summed E-state index contributed by atoms with van der Waals surface area (Å²) in [6.07, 6.45) is 0. The van der Waals surface area contributed by atoms with Crippen molar-refractivity contribution < 1.29 is 18.7 Å². The number of anilines is 1. The molecule has 1 aromatic heterocycles. The Bertz CT molecular complexity index is 566. The van der Waals surface area contributed by atoms with Crippen LogP contribution in [0.25, 0.3) is 11.3 Å². The van der Waals surface area contributed by atoms with Crippen molar-refractivity contribution in [2.75, 3.05) is 26.6 Å². The molecule has 0 amide bonds. The van der Waals surface area contributed by atoms with Crippen LogP contribution in [0.5, 0.6) is 17.2 Å². The van der Waals surface area contributed by atoms with Crippen molar-refractivity contribution in [1.82, 2.24) is 5.16 Å². The van der Waals surface area contributed by atoms with E-state index in [1.165, 1.54) is 0 Å². The van der Waals surface area contributed by atoms with Gasteiger partial charge in [0.2, 0.25) is 0 Å². The van der Waals surface area contributed by atoms with Crippen LogP contribution in [-0.2, 0) is 0 Å². The second-order valence-electron chi connectivity index (χ2n) is 3.75. The van der Waals surface area contributed by atoms with Crippen LogP contribution in [0.15, 0.2) is 22.7 Å². The van der Waals surface area contributed by atoms with Crippen LogP contribution < -0.4 is 19.9 Å². The molecular formula is C13H16N2O4. The first-order valence-corrected chi connectivity index (χ1v) is 5.81. The summed E-state index contributed by atoms with van der Waals surface area (Å²) in [5.41, 5.74) is 6.26. The number of hydrogen-bond donors (Lipinski definition) is 1. The van der Waals surface area contributed by atoms with E-state index in [2.05, 4.69) is 5.16 Å². The maximum absolute atomic E-state index is 5.56. The van der Waals surface area contributed by atoms with Gasteiger partial charge in [-0.1, -0.05) is 5.16 Å². The minimum absolute atomic E-state index is 0.311. The van der Waals surface area contributed by atoms with Crippen molar-refractivity contribution in [2.24, 2.45) is 0 Å². The molecule has 2 aromatic rings. The monoisotopic (exact) mass is 264 g/mol. The van der Waals surface area contributed by atoms with E-state index >= 15 is 0 Å². The first-order valence-electron chi connectivity index (χ1n) is 5.81. The molecule has 0 aliphatic rings. The Hall–Kier alpha value is -2.37. The molecule has 6 nitrogen and oxygen atoms in total. The van der Waals surface area contributed by atoms with E-state index in [1.54, 1.807) is 32.4 Å². The third-order valence-corrected chi connectivity index (χ3v) is 2.58. The zero-order valence-electron chi connectivity index (χ0n) is 11.1. The zero-order valence-corrected chi connectivity index (χ0v) is 11.1. The number of hydrogen-bond acceptors (Lipinski definition) is 6. The molecule has 0 aliphatic carbocycles. The van der Waals surface area contributed by atoms with E-state index in [9.17, 15) is 0 Å². The molecular weight excluding hydrogens is 248 g/mol. The van der Waals surface area contributed by atoms with Crippen molar-refractivity contribution in [3.8, 4) is 28.6 Å². The van der Waals surface area contributed by atoms with Gasteiger partial charge in [-0.2, -0.15) is 0 Å². The van der Waals surface area contributed by atoms with Gasteiger partial charge in [0, 0.05) is 12.1 Å². The summed E-state index contributed by atoms with van der Waals surface area (Å²) in [7, 11) is 3.14. The highest BCUT2D eigenvalue weighted by Gasteiger charge is 2.16. The van der Waals surface area contributed by atoms with Crippen molar-refractivity contribution in [1.29, 1.82) is 0 Å². The average Bonchev–Trinajstić information content (AvgIpc) is 2.85. The Morgan fingerprint density at radius 2 is 1.84 bits per heavy atom. The summed E-state index contributed by atoms with van der Waals surface area (Å²) in [6.45, 7) is 2.43. The van der Waals surface area contributed by atoms with Crippen molar-refractivity contribution in [3.05, 3.63) is 18.2 Å². The van der Waals surface area contributed by atoms with Gasteiger partial charge in [0.05, 0.1) is 26.4 Å². The Labute approximate surface area is 111 Å². The molecule has 2 N–H and O–H groups in total. The summed E-state index contributed by atoms with van der Waals surface area (Å²) in [5, 5.41) is 3.66. The molecule has 0 unspecified atom stereocenters. The van der Waals surface area contributed by atoms with E-state index in [0.717, 1.165) is 0 Å². The molecule has 0 atom stereocenters. The van der Waals surface area contributed by atoms with Gasteiger partial charge in [-0.3, -0.25) is 0 Å². The molecule has 0 fully saturated rings. The number of nitrogens with zero attached hydrogens (tertiary/aromatic N) is 1. The summed E-state index contributed by atoms with van der Waals surface area (Å²) >= 11 is 0. The van der Waals surface area contributed by atoms with Gasteiger partial charge in [-0.15, -0.1) is 0 Å². The van der Waals surface area contributed by atoms with E-state index < -0.39 is 0 Å². The SMILES string of the molecule is CCOc1cc(-c2cc(N)no2)c(OC)cc1OC. The predicted octanol–water partition coefficient (Wildman–Crippen LogP) is 2.34. The Morgan fingerprint density at radius 3 is 2.37 bits per heavy atom. The molecule has 0 aliphatic heterocycles. The number of rotatable bonds is 5. The highest BCUT2D eigenvalue weighted by molar-refractivity contribution is 5.71. The third-order valence-electron chi connectivity index (χ3n) is 2.58. The summed E-state index contributed by atoms with van der Waals surface area (Å²) in [6, 6.07) is 5.14. The number of nitrogens with two attached hydrogens (primary N) is 1. The lowest BCUT2D eigenvalue weighted by Gasteiger charge is -2.13. The Kier molecular flexibility index (Phi) is 3.79. The van der Waals surface area contributed by atoms with Gasteiger partial charge in [-0.25, -0.2) is 0 Å². The molecule has 0 spiro atoms. The lowest BCUT2D eigenvalue weighted by atomic mass is 10.1. The largest absolute Gasteiger partial charge is 0.496 e. The van der Waals surface area contributed by atoms with Crippen LogP contribution in [0.4, 0.5) is 5.82 Å². The fourth-order valence-electron chi connectivity index (χ4n) is 1.75. The van der Waals surface area contributed by atoms with Crippen LogP contribution in [0.3, 0.4) is 0 Å². The Morgan fingerprint density at radius 1 is 1.11 bits per heavy atom. The highest BCUT2D eigenvalue weighted by atomic mass is 16.5. The minimum Gasteiger partial charge on any atom is -0.496 e. The third kappa shape index (κ3) is 2.57. The minimum atomic E-state index is 0.311. The molecule has 1 heterocycles. The number of benzene rings is 1. The molecule has 1 aromatic carbocycles. The lowest BCUT2D eigenvalue weighted by Crippen LogP contribution is -1.97. The maximum atomic E-state index is 5.56. The van der Waals surface area contributed by atoms with E-state index in [4.69, 9.17) is 24.5 Å². The zero-order chi connectivity index (χ0) is 13.8.